The van der Waals surface area contributed by atoms with Gasteiger partial charge in [0.15, 0.2) is 0 Å². The van der Waals surface area contributed by atoms with E-state index in [4.69, 9.17) is 4.98 Å². The van der Waals surface area contributed by atoms with E-state index in [2.05, 4.69) is 24.3 Å². The second kappa shape index (κ2) is 6.73. The maximum atomic E-state index is 11.8. The molecule has 0 aliphatic heterocycles. The molecule has 0 saturated carbocycles. The summed E-state index contributed by atoms with van der Waals surface area (Å²) in [5, 5.41) is 1.10. The van der Waals surface area contributed by atoms with Crippen molar-refractivity contribution in [3.63, 3.8) is 0 Å². The van der Waals surface area contributed by atoms with E-state index in [1.165, 1.54) is 5.56 Å². The number of rotatable bonds is 6. The van der Waals surface area contributed by atoms with Gasteiger partial charge >= 0.3 is 0 Å². The third-order valence-corrected chi connectivity index (χ3v) is 5.74. The molecule has 3 aromatic rings. The number of aromatic nitrogens is 1. The van der Waals surface area contributed by atoms with Crippen molar-refractivity contribution in [3.8, 4) is 11.3 Å². The number of carbonyl (C=O) groups excluding carboxylic acids is 2. The highest BCUT2D eigenvalue weighted by atomic mass is 16.1. The lowest BCUT2D eigenvalue weighted by Gasteiger charge is -2.32. The number of carbonyl (C=O) groups is 2. The van der Waals surface area contributed by atoms with E-state index in [0.717, 1.165) is 27.7 Å². The van der Waals surface area contributed by atoms with E-state index in [9.17, 15) is 9.59 Å². The zero-order chi connectivity index (χ0) is 19.0. The first-order chi connectivity index (χ1) is 13.0. The normalized spacial score (nSPS) is 14.0. The number of Topliss-reactive ketones (excluding diaryl/α,β-unsaturated/α-hetero) is 2. The number of para-hydroxylation sites is 1. The van der Waals surface area contributed by atoms with Crippen LogP contribution in [-0.4, -0.2) is 16.6 Å². The molecule has 0 radical (unpaired) electrons. The van der Waals surface area contributed by atoms with Crippen LogP contribution in [0.1, 0.15) is 50.7 Å². The molecule has 1 aliphatic rings. The molecule has 0 fully saturated rings. The Hall–Kier alpha value is -2.81. The minimum absolute atomic E-state index is 0.178. The van der Waals surface area contributed by atoms with Crippen molar-refractivity contribution in [1.29, 1.82) is 0 Å². The molecule has 0 unspecified atom stereocenters. The summed E-state index contributed by atoms with van der Waals surface area (Å²) >= 11 is 0. The lowest BCUT2D eigenvalue weighted by atomic mass is 9.71. The van der Waals surface area contributed by atoms with Gasteiger partial charge in [-0.05, 0) is 49.9 Å². The Labute approximate surface area is 159 Å². The minimum atomic E-state index is -0.333. The van der Waals surface area contributed by atoms with Gasteiger partial charge in [-0.25, -0.2) is 4.98 Å². The predicted octanol–water partition coefficient (Wildman–Crippen LogP) is 5.24. The maximum Gasteiger partial charge on any atom is 0.129 e. The first kappa shape index (κ1) is 17.6. The summed E-state index contributed by atoms with van der Waals surface area (Å²) < 4.78 is 0. The van der Waals surface area contributed by atoms with Crippen LogP contribution in [0.3, 0.4) is 0 Å². The summed E-state index contributed by atoms with van der Waals surface area (Å²) in [5.74, 6) is 0.355. The SMILES string of the molecule is CC(=O)CCC1(CCC(C)=O)c2ccccc2-c2nc3ccccc3cc21. The quantitative estimate of drug-likeness (QED) is 0.606. The molecular weight excluding hydrogens is 334 g/mol. The first-order valence-electron chi connectivity index (χ1n) is 9.50. The van der Waals surface area contributed by atoms with Gasteiger partial charge in [-0.2, -0.15) is 0 Å². The Balaban J connectivity index is 1.97. The van der Waals surface area contributed by atoms with E-state index < -0.39 is 0 Å². The molecule has 0 N–H and O–H groups in total. The summed E-state index contributed by atoms with van der Waals surface area (Å²) in [6.45, 7) is 3.28. The van der Waals surface area contributed by atoms with E-state index >= 15 is 0 Å². The molecule has 1 aliphatic carbocycles. The Kier molecular flexibility index (Phi) is 4.39. The van der Waals surface area contributed by atoms with Crippen molar-refractivity contribution in [3.05, 3.63) is 65.7 Å². The number of ketones is 2. The van der Waals surface area contributed by atoms with Crippen LogP contribution >= 0.6 is 0 Å². The molecule has 3 nitrogen and oxygen atoms in total. The van der Waals surface area contributed by atoms with Crippen molar-refractivity contribution in [2.45, 2.75) is 44.9 Å². The zero-order valence-corrected chi connectivity index (χ0v) is 15.8. The fourth-order valence-electron chi connectivity index (χ4n) is 4.38. The second-order valence-electron chi connectivity index (χ2n) is 7.61. The Morgan fingerprint density at radius 2 is 1.48 bits per heavy atom. The number of fused-ring (bicyclic) bond motifs is 4. The van der Waals surface area contributed by atoms with Gasteiger partial charge < -0.3 is 9.59 Å². The van der Waals surface area contributed by atoms with Crippen LogP contribution < -0.4 is 0 Å². The summed E-state index contributed by atoms with van der Waals surface area (Å²) in [6, 6.07) is 18.7. The molecule has 1 heterocycles. The molecular formula is C24H23NO2. The van der Waals surface area contributed by atoms with Crippen molar-refractivity contribution in [1.82, 2.24) is 4.98 Å². The van der Waals surface area contributed by atoms with Gasteiger partial charge in [0.1, 0.15) is 11.6 Å². The van der Waals surface area contributed by atoms with Gasteiger partial charge in [-0.15, -0.1) is 0 Å². The van der Waals surface area contributed by atoms with Crippen molar-refractivity contribution >= 4 is 22.5 Å². The molecule has 0 amide bonds. The van der Waals surface area contributed by atoms with E-state index in [1.54, 1.807) is 13.8 Å². The lowest BCUT2D eigenvalue weighted by molar-refractivity contribution is -0.117. The third-order valence-electron chi connectivity index (χ3n) is 5.74. The summed E-state index contributed by atoms with van der Waals surface area (Å²) in [4.78, 5) is 28.6. The number of hydrogen-bond acceptors (Lipinski definition) is 3. The molecule has 136 valence electrons. The fraction of sp³-hybridized carbons (Fsp3) is 0.292. The second-order valence-corrected chi connectivity index (χ2v) is 7.61. The van der Waals surface area contributed by atoms with Crippen LogP contribution in [0.2, 0.25) is 0 Å². The van der Waals surface area contributed by atoms with Gasteiger partial charge in [0.2, 0.25) is 0 Å². The highest BCUT2D eigenvalue weighted by Gasteiger charge is 2.43. The summed E-state index contributed by atoms with van der Waals surface area (Å²) in [5.41, 5.74) is 5.12. The maximum absolute atomic E-state index is 11.8. The highest BCUT2D eigenvalue weighted by Crippen LogP contribution is 2.53. The van der Waals surface area contributed by atoms with Crippen LogP contribution in [0.5, 0.6) is 0 Å². The van der Waals surface area contributed by atoms with Crippen molar-refractivity contribution in [2.75, 3.05) is 0 Å². The van der Waals surface area contributed by atoms with Crippen LogP contribution in [0.15, 0.2) is 54.6 Å². The van der Waals surface area contributed by atoms with Crippen LogP contribution in [0.25, 0.3) is 22.2 Å². The predicted molar refractivity (Wildman–Crippen MR) is 108 cm³/mol. The number of pyridine rings is 1. The standard InChI is InChI=1S/C24H23NO2/c1-16(26)11-13-24(14-12-17(2)27)20-9-5-4-8-19(20)23-21(24)15-18-7-3-6-10-22(18)25-23/h3-10,15H,11-14H2,1-2H3. The molecule has 0 saturated heterocycles. The Morgan fingerprint density at radius 1 is 0.852 bits per heavy atom. The number of benzene rings is 2. The number of nitrogens with zero attached hydrogens (tertiary/aromatic N) is 1. The van der Waals surface area contributed by atoms with Crippen LogP contribution in [0.4, 0.5) is 0 Å². The zero-order valence-electron chi connectivity index (χ0n) is 15.8. The van der Waals surface area contributed by atoms with Crippen molar-refractivity contribution in [2.24, 2.45) is 0 Å². The third kappa shape index (κ3) is 2.97. The average Bonchev–Trinajstić information content (AvgIpc) is 2.93. The summed E-state index contributed by atoms with van der Waals surface area (Å²) in [6.07, 6.45) is 2.41. The average molecular weight is 357 g/mol. The molecule has 2 aromatic carbocycles. The largest absolute Gasteiger partial charge is 0.300 e. The molecule has 1 aromatic heterocycles. The lowest BCUT2D eigenvalue weighted by Crippen LogP contribution is -2.27. The topological polar surface area (TPSA) is 47.0 Å². The van der Waals surface area contributed by atoms with Crippen LogP contribution in [-0.2, 0) is 15.0 Å². The highest BCUT2D eigenvalue weighted by molar-refractivity contribution is 5.89. The van der Waals surface area contributed by atoms with E-state index in [-0.39, 0.29) is 17.0 Å². The van der Waals surface area contributed by atoms with E-state index in [1.807, 2.05) is 30.3 Å². The molecule has 27 heavy (non-hydrogen) atoms. The first-order valence-corrected chi connectivity index (χ1v) is 9.50. The molecule has 4 rings (SSSR count). The van der Waals surface area contributed by atoms with Gasteiger partial charge in [-0.3, -0.25) is 0 Å². The van der Waals surface area contributed by atoms with Crippen LogP contribution in [0, 0.1) is 0 Å². The van der Waals surface area contributed by atoms with Gasteiger partial charge in [-0.1, -0.05) is 42.5 Å². The van der Waals surface area contributed by atoms with Gasteiger partial charge in [0.25, 0.3) is 0 Å². The smallest absolute Gasteiger partial charge is 0.129 e. The molecule has 0 bridgehead atoms. The fourth-order valence-corrected chi connectivity index (χ4v) is 4.38. The monoisotopic (exact) mass is 357 g/mol. The van der Waals surface area contributed by atoms with Gasteiger partial charge in [0.05, 0.1) is 11.2 Å². The molecule has 0 atom stereocenters. The van der Waals surface area contributed by atoms with Crippen molar-refractivity contribution < 1.29 is 9.59 Å². The molecule has 3 heteroatoms. The van der Waals surface area contributed by atoms with Gasteiger partial charge in [0, 0.05) is 29.2 Å². The Bertz CT molecular complexity index is 1030. The number of hydrogen-bond donors (Lipinski definition) is 0. The van der Waals surface area contributed by atoms with E-state index in [0.29, 0.717) is 25.7 Å². The minimum Gasteiger partial charge on any atom is -0.300 e. The summed E-state index contributed by atoms with van der Waals surface area (Å²) in [7, 11) is 0. The Morgan fingerprint density at radius 3 is 2.19 bits per heavy atom. The molecule has 0 spiro atoms.